The van der Waals surface area contributed by atoms with Gasteiger partial charge in [-0.1, -0.05) is 18.9 Å². The summed E-state index contributed by atoms with van der Waals surface area (Å²) < 4.78 is 18.4. The molecule has 10 heteroatoms. The van der Waals surface area contributed by atoms with Crippen molar-refractivity contribution in [2.75, 3.05) is 18.6 Å². The molecule has 2 amide bonds. The first-order chi connectivity index (χ1) is 16.0. The zero-order valence-corrected chi connectivity index (χ0v) is 18.3. The summed E-state index contributed by atoms with van der Waals surface area (Å²) in [7, 11) is 1.54. The number of halogens is 1. The Kier molecular flexibility index (Phi) is 6.92. The number of nitrogens with one attached hydrogen (secondary N) is 1. The summed E-state index contributed by atoms with van der Waals surface area (Å²) in [6.07, 6.45) is 4.09. The molecule has 1 N–H and O–H groups in total. The number of anilines is 1. The highest BCUT2D eigenvalue weighted by molar-refractivity contribution is 5.98. The number of benzene rings is 2. The number of carbonyl (C=O) groups is 2. The smallest absolute Gasteiger partial charge is 0.251 e. The SMILES string of the molecule is COc1cccc(N(CC(=O)NC2CCCC2)C(=O)Cn2nnc(-c3ccc(F)cc3)n2)c1. The van der Waals surface area contributed by atoms with Gasteiger partial charge in [-0.3, -0.25) is 9.59 Å². The third-order valence-corrected chi connectivity index (χ3v) is 5.52. The maximum absolute atomic E-state index is 13.2. The molecule has 1 aliphatic carbocycles. The molecule has 1 aromatic heterocycles. The number of nitrogens with zero attached hydrogens (tertiary/aromatic N) is 5. The van der Waals surface area contributed by atoms with Gasteiger partial charge in [-0.25, -0.2) is 4.39 Å². The fourth-order valence-electron chi connectivity index (χ4n) is 3.82. The number of ether oxygens (including phenoxy) is 1. The van der Waals surface area contributed by atoms with Gasteiger partial charge in [-0.05, 0) is 54.5 Å². The van der Waals surface area contributed by atoms with Gasteiger partial charge in [-0.2, -0.15) is 4.80 Å². The van der Waals surface area contributed by atoms with Gasteiger partial charge >= 0.3 is 0 Å². The Morgan fingerprint density at radius 1 is 1.18 bits per heavy atom. The number of tetrazole rings is 1. The van der Waals surface area contributed by atoms with Crippen molar-refractivity contribution in [3.8, 4) is 17.1 Å². The molecular formula is C23H25FN6O3. The molecule has 4 rings (SSSR count). The van der Waals surface area contributed by atoms with Crippen LogP contribution in [-0.4, -0.2) is 51.7 Å². The summed E-state index contributed by atoms with van der Waals surface area (Å²) >= 11 is 0. The van der Waals surface area contributed by atoms with Crippen LogP contribution in [0.2, 0.25) is 0 Å². The molecule has 1 saturated carbocycles. The van der Waals surface area contributed by atoms with Crippen LogP contribution in [-0.2, 0) is 16.1 Å². The normalized spacial score (nSPS) is 13.6. The summed E-state index contributed by atoms with van der Waals surface area (Å²) in [4.78, 5) is 28.4. The van der Waals surface area contributed by atoms with Gasteiger partial charge in [0.25, 0.3) is 5.91 Å². The predicted molar refractivity (Wildman–Crippen MR) is 119 cm³/mol. The Morgan fingerprint density at radius 2 is 1.94 bits per heavy atom. The van der Waals surface area contributed by atoms with Crippen molar-refractivity contribution < 1.29 is 18.7 Å². The number of rotatable bonds is 8. The first-order valence-electron chi connectivity index (χ1n) is 10.8. The van der Waals surface area contributed by atoms with Crippen molar-refractivity contribution in [3.05, 3.63) is 54.3 Å². The lowest BCUT2D eigenvalue weighted by atomic mass is 10.2. The van der Waals surface area contributed by atoms with E-state index in [1.165, 1.54) is 36.3 Å². The second kappa shape index (κ2) is 10.2. The van der Waals surface area contributed by atoms with E-state index in [1.807, 2.05) is 0 Å². The third-order valence-electron chi connectivity index (χ3n) is 5.52. The molecule has 1 aliphatic rings. The standard InChI is InChI=1S/C23H25FN6O3/c1-33-20-8-4-7-19(13-20)29(14-21(31)25-18-5-2-3-6-18)22(32)15-30-27-23(26-28-30)16-9-11-17(24)12-10-16/h4,7-13,18H,2-3,5-6,14-15H2,1H3,(H,25,31). The zero-order chi connectivity index (χ0) is 23.2. The van der Waals surface area contributed by atoms with Gasteiger partial charge in [0, 0.05) is 23.4 Å². The molecule has 0 atom stereocenters. The van der Waals surface area contributed by atoms with Crippen molar-refractivity contribution in [2.24, 2.45) is 0 Å². The fraction of sp³-hybridized carbons (Fsp3) is 0.348. The van der Waals surface area contributed by atoms with Crippen LogP contribution < -0.4 is 15.0 Å². The Balaban J connectivity index is 1.51. The van der Waals surface area contributed by atoms with Crippen LogP contribution in [0.5, 0.6) is 5.75 Å². The zero-order valence-electron chi connectivity index (χ0n) is 18.3. The van der Waals surface area contributed by atoms with Crippen molar-refractivity contribution in [1.82, 2.24) is 25.5 Å². The van der Waals surface area contributed by atoms with E-state index in [9.17, 15) is 14.0 Å². The van der Waals surface area contributed by atoms with Gasteiger partial charge in [0.1, 0.15) is 24.7 Å². The minimum absolute atomic E-state index is 0.137. The molecule has 3 aromatic rings. The summed E-state index contributed by atoms with van der Waals surface area (Å²) in [5.41, 5.74) is 1.11. The van der Waals surface area contributed by atoms with Crippen LogP contribution in [0.1, 0.15) is 25.7 Å². The van der Waals surface area contributed by atoms with Gasteiger partial charge in [0.05, 0.1) is 7.11 Å². The van der Waals surface area contributed by atoms with E-state index in [2.05, 4.69) is 20.7 Å². The second-order valence-electron chi connectivity index (χ2n) is 7.88. The van der Waals surface area contributed by atoms with Crippen LogP contribution in [0.15, 0.2) is 48.5 Å². The largest absolute Gasteiger partial charge is 0.497 e. The number of hydrogen-bond donors (Lipinski definition) is 1. The van der Waals surface area contributed by atoms with Gasteiger partial charge in [-0.15, -0.1) is 10.2 Å². The molecule has 0 bridgehead atoms. The van der Waals surface area contributed by atoms with Crippen molar-refractivity contribution in [1.29, 1.82) is 0 Å². The number of hydrogen-bond acceptors (Lipinski definition) is 6. The minimum atomic E-state index is -0.382. The fourth-order valence-corrected chi connectivity index (χ4v) is 3.82. The first kappa shape index (κ1) is 22.4. The molecule has 1 heterocycles. The third kappa shape index (κ3) is 5.71. The molecule has 0 radical (unpaired) electrons. The van der Waals surface area contributed by atoms with Crippen molar-refractivity contribution >= 4 is 17.5 Å². The number of carbonyl (C=O) groups excluding carboxylic acids is 2. The lowest BCUT2D eigenvalue weighted by molar-refractivity contribution is -0.124. The van der Waals surface area contributed by atoms with E-state index in [0.29, 0.717) is 17.0 Å². The molecule has 0 saturated heterocycles. The average Bonchev–Trinajstić information content (AvgIpc) is 3.50. The summed E-state index contributed by atoms with van der Waals surface area (Å²) in [5, 5.41) is 15.1. The van der Waals surface area contributed by atoms with Gasteiger partial charge in [0.15, 0.2) is 0 Å². The molecular weight excluding hydrogens is 427 g/mol. The first-order valence-corrected chi connectivity index (χ1v) is 10.8. The van der Waals surface area contributed by atoms with E-state index in [-0.39, 0.29) is 42.6 Å². The quantitative estimate of drug-likeness (QED) is 0.564. The van der Waals surface area contributed by atoms with Crippen molar-refractivity contribution in [3.63, 3.8) is 0 Å². The highest BCUT2D eigenvalue weighted by Gasteiger charge is 2.24. The van der Waals surface area contributed by atoms with E-state index < -0.39 is 0 Å². The highest BCUT2D eigenvalue weighted by Crippen LogP contribution is 2.22. The Morgan fingerprint density at radius 3 is 2.67 bits per heavy atom. The van der Waals surface area contributed by atoms with E-state index in [4.69, 9.17) is 4.74 Å². The Bertz CT molecular complexity index is 1110. The summed E-state index contributed by atoms with van der Waals surface area (Å²) in [6.45, 7) is -0.357. The van der Waals surface area contributed by atoms with Gasteiger partial charge < -0.3 is 15.0 Å². The van der Waals surface area contributed by atoms with Crippen LogP contribution in [0.4, 0.5) is 10.1 Å². The van der Waals surface area contributed by atoms with Crippen LogP contribution in [0.3, 0.4) is 0 Å². The minimum Gasteiger partial charge on any atom is -0.497 e. The van der Waals surface area contributed by atoms with E-state index >= 15 is 0 Å². The van der Waals surface area contributed by atoms with E-state index in [1.54, 1.807) is 24.3 Å². The molecule has 0 unspecified atom stereocenters. The summed E-state index contributed by atoms with van der Waals surface area (Å²) in [6, 6.07) is 12.8. The van der Waals surface area contributed by atoms with Crippen LogP contribution >= 0.6 is 0 Å². The van der Waals surface area contributed by atoms with Crippen LogP contribution in [0.25, 0.3) is 11.4 Å². The molecule has 0 aliphatic heterocycles. The average molecular weight is 452 g/mol. The van der Waals surface area contributed by atoms with Crippen LogP contribution in [0, 0.1) is 5.82 Å². The number of methoxy groups -OCH3 is 1. The number of amides is 2. The topological polar surface area (TPSA) is 102 Å². The second-order valence-corrected chi connectivity index (χ2v) is 7.88. The molecule has 2 aromatic carbocycles. The Labute approximate surface area is 190 Å². The number of aromatic nitrogens is 4. The Hall–Kier alpha value is -3.82. The maximum atomic E-state index is 13.2. The molecule has 33 heavy (non-hydrogen) atoms. The predicted octanol–water partition coefficient (Wildman–Crippen LogP) is 2.58. The molecule has 1 fully saturated rings. The maximum Gasteiger partial charge on any atom is 0.251 e. The van der Waals surface area contributed by atoms with E-state index in [0.717, 1.165) is 30.5 Å². The highest BCUT2D eigenvalue weighted by atomic mass is 19.1. The summed E-state index contributed by atoms with van der Waals surface area (Å²) in [5.74, 6) is -0.135. The lowest BCUT2D eigenvalue weighted by Crippen LogP contribution is -2.44. The van der Waals surface area contributed by atoms with Gasteiger partial charge in [0.2, 0.25) is 11.7 Å². The van der Waals surface area contributed by atoms with Crippen molar-refractivity contribution in [2.45, 2.75) is 38.3 Å². The lowest BCUT2D eigenvalue weighted by Gasteiger charge is -2.23. The molecule has 0 spiro atoms. The molecule has 9 nitrogen and oxygen atoms in total. The monoisotopic (exact) mass is 452 g/mol. The molecule has 172 valence electrons.